The van der Waals surface area contributed by atoms with Crippen LogP contribution in [0.4, 0.5) is 0 Å². The van der Waals surface area contributed by atoms with Crippen LogP contribution in [-0.2, 0) is 0 Å². The van der Waals surface area contributed by atoms with Crippen molar-refractivity contribution in [3.05, 3.63) is 0 Å². The highest BCUT2D eigenvalue weighted by atomic mass is 15.2. The normalized spacial score (nSPS) is 28.8. The highest BCUT2D eigenvalue weighted by molar-refractivity contribution is 4.71. The van der Waals surface area contributed by atoms with Gasteiger partial charge in [0.1, 0.15) is 0 Å². The van der Waals surface area contributed by atoms with Gasteiger partial charge in [0.2, 0.25) is 0 Å². The molecule has 0 aromatic rings. The lowest BCUT2D eigenvalue weighted by Gasteiger charge is -2.32. The van der Waals surface area contributed by atoms with E-state index in [1.807, 2.05) is 7.05 Å². The van der Waals surface area contributed by atoms with Gasteiger partial charge in [0.15, 0.2) is 0 Å². The second kappa shape index (κ2) is 3.94. The minimum atomic E-state index is 0.793. The fourth-order valence-corrected chi connectivity index (χ4v) is 1.60. The van der Waals surface area contributed by atoms with Gasteiger partial charge in [-0.1, -0.05) is 6.42 Å². The van der Waals surface area contributed by atoms with E-state index in [1.54, 1.807) is 0 Å². The van der Waals surface area contributed by atoms with Gasteiger partial charge in [0.05, 0.1) is 0 Å². The molecule has 10 heavy (non-hydrogen) atoms. The van der Waals surface area contributed by atoms with Gasteiger partial charge in [0.25, 0.3) is 0 Å². The van der Waals surface area contributed by atoms with E-state index in [0.29, 0.717) is 0 Å². The summed E-state index contributed by atoms with van der Waals surface area (Å²) >= 11 is 0. The monoisotopic (exact) mass is 142 g/mol. The smallest absolute Gasteiger partial charge is 0.0480 e. The van der Waals surface area contributed by atoms with Gasteiger partial charge in [-0.3, -0.25) is 4.90 Å². The van der Waals surface area contributed by atoms with E-state index in [1.165, 1.54) is 25.8 Å². The maximum absolute atomic E-state index is 3.19. The number of nitrogens with zero attached hydrogens (tertiary/aromatic N) is 1. The van der Waals surface area contributed by atoms with Crippen LogP contribution in [0.1, 0.15) is 26.2 Å². The summed E-state index contributed by atoms with van der Waals surface area (Å²) in [5.41, 5.74) is 0. The Labute approximate surface area is 63.6 Å². The second-order valence-corrected chi connectivity index (χ2v) is 3.17. The van der Waals surface area contributed by atoms with E-state index >= 15 is 0 Å². The summed E-state index contributed by atoms with van der Waals surface area (Å²) in [6.45, 7) is 4.65. The molecule has 1 aliphatic heterocycles. The Hall–Kier alpha value is -0.0800. The van der Waals surface area contributed by atoms with Gasteiger partial charge < -0.3 is 5.32 Å². The lowest BCUT2D eigenvalue weighted by molar-refractivity contribution is 0.152. The number of rotatable bonds is 2. The molecule has 0 aliphatic carbocycles. The van der Waals surface area contributed by atoms with Crippen LogP contribution in [0.25, 0.3) is 0 Å². The molecule has 1 saturated heterocycles. The fourth-order valence-electron chi connectivity index (χ4n) is 1.60. The van der Waals surface area contributed by atoms with Crippen molar-refractivity contribution in [3.63, 3.8) is 0 Å². The van der Waals surface area contributed by atoms with Gasteiger partial charge in [0, 0.05) is 12.7 Å². The van der Waals surface area contributed by atoms with E-state index in [9.17, 15) is 0 Å². The molecule has 0 aromatic heterocycles. The standard InChI is InChI=1S/C8H18N2/c1-8-5-3-4-6-10(8)7-9-2/h8-9H,3-7H2,1-2H3. The summed E-state index contributed by atoms with van der Waals surface area (Å²) in [6.07, 6.45) is 4.18. The fraction of sp³-hybridized carbons (Fsp3) is 1.00. The van der Waals surface area contributed by atoms with E-state index in [4.69, 9.17) is 0 Å². The number of hydrogen-bond donors (Lipinski definition) is 1. The van der Waals surface area contributed by atoms with Gasteiger partial charge in [-0.2, -0.15) is 0 Å². The largest absolute Gasteiger partial charge is 0.307 e. The van der Waals surface area contributed by atoms with Crippen LogP contribution in [0.5, 0.6) is 0 Å². The van der Waals surface area contributed by atoms with Gasteiger partial charge >= 0.3 is 0 Å². The predicted octanol–water partition coefficient (Wildman–Crippen LogP) is 1.04. The van der Waals surface area contributed by atoms with Crippen LogP contribution in [0.2, 0.25) is 0 Å². The molecule has 0 saturated carbocycles. The van der Waals surface area contributed by atoms with Crippen molar-refractivity contribution in [1.82, 2.24) is 10.2 Å². The van der Waals surface area contributed by atoms with Crippen molar-refractivity contribution in [2.75, 3.05) is 20.3 Å². The second-order valence-electron chi connectivity index (χ2n) is 3.17. The summed E-state index contributed by atoms with van der Waals surface area (Å²) < 4.78 is 0. The Balaban J connectivity index is 2.25. The van der Waals surface area contributed by atoms with Crippen molar-refractivity contribution in [3.8, 4) is 0 Å². The maximum atomic E-state index is 3.19. The first-order valence-electron chi connectivity index (χ1n) is 4.23. The SMILES string of the molecule is CNCN1CCCCC1C. The van der Waals surface area contributed by atoms with Crippen LogP contribution < -0.4 is 5.32 Å². The summed E-state index contributed by atoms with van der Waals surface area (Å²) in [6, 6.07) is 0.793. The third-order valence-electron chi connectivity index (χ3n) is 2.30. The Kier molecular flexibility index (Phi) is 3.16. The molecule has 60 valence electrons. The predicted molar refractivity (Wildman–Crippen MR) is 43.9 cm³/mol. The average molecular weight is 142 g/mol. The molecular weight excluding hydrogens is 124 g/mol. The Morgan fingerprint density at radius 1 is 1.50 bits per heavy atom. The topological polar surface area (TPSA) is 15.3 Å². The molecular formula is C8H18N2. The molecule has 0 amide bonds. The average Bonchev–Trinajstić information content (AvgIpc) is 1.94. The maximum Gasteiger partial charge on any atom is 0.0480 e. The number of piperidine rings is 1. The summed E-state index contributed by atoms with van der Waals surface area (Å²) in [5.74, 6) is 0. The van der Waals surface area contributed by atoms with Crippen molar-refractivity contribution >= 4 is 0 Å². The Morgan fingerprint density at radius 2 is 2.30 bits per heavy atom. The van der Waals surface area contributed by atoms with E-state index < -0.39 is 0 Å². The van der Waals surface area contributed by atoms with Crippen LogP contribution in [0.3, 0.4) is 0 Å². The van der Waals surface area contributed by atoms with Crippen LogP contribution >= 0.6 is 0 Å². The molecule has 0 spiro atoms. The third-order valence-corrected chi connectivity index (χ3v) is 2.30. The summed E-state index contributed by atoms with van der Waals surface area (Å²) in [5, 5.41) is 3.19. The molecule has 1 aliphatic rings. The van der Waals surface area contributed by atoms with Gasteiger partial charge in [-0.25, -0.2) is 0 Å². The molecule has 1 rings (SSSR count). The molecule has 1 N–H and O–H groups in total. The first-order chi connectivity index (χ1) is 4.84. The number of hydrogen-bond acceptors (Lipinski definition) is 2. The summed E-state index contributed by atoms with van der Waals surface area (Å²) in [7, 11) is 2.02. The molecule has 1 unspecified atom stereocenters. The molecule has 0 bridgehead atoms. The van der Waals surface area contributed by atoms with E-state index in [2.05, 4.69) is 17.1 Å². The molecule has 2 nitrogen and oxygen atoms in total. The molecule has 1 atom stereocenters. The third kappa shape index (κ3) is 1.96. The van der Waals surface area contributed by atoms with Crippen molar-refractivity contribution < 1.29 is 0 Å². The van der Waals surface area contributed by atoms with Crippen LogP contribution in [0, 0.1) is 0 Å². The lowest BCUT2D eigenvalue weighted by Crippen LogP contribution is -2.42. The van der Waals surface area contributed by atoms with E-state index in [-0.39, 0.29) is 0 Å². The zero-order chi connectivity index (χ0) is 7.40. The minimum absolute atomic E-state index is 0.793. The van der Waals surface area contributed by atoms with Gasteiger partial charge in [-0.05, 0) is 33.4 Å². The Morgan fingerprint density at radius 3 is 2.90 bits per heavy atom. The number of likely N-dealkylation sites (tertiary alicyclic amines) is 1. The minimum Gasteiger partial charge on any atom is -0.307 e. The van der Waals surface area contributed by atoms with Crippen molar-refractivity contribution in [2.45, 2.75) is 32.2 Å². The molecule has 1 fully saturated rings. The highest BCUT2D eigenvalue weighted by Crippen LogP contribution is 2.14. The first kappa shape index (κ1) is 8.02. The zero-order valence-electron chi connectivity index (χ0n) is 7.06. The summed E-state index contributed by atoms with van der Waals surface area (Å²) in [4.78, 5) is 2.50. The molecule has 2 heteroatoms. The van der Waals surface area contributed by atoms with Crippen LogP contribution in [-0.4, -0.2) is 31.2 Å². The Bertz CT molecular complexity index is 91.3. The first-order valence-corrected chi connectivity index (χ1v) is 4.23. The zero-order valence-corrected chi connectivity index (χ0v) is 7.06. The number of nitrogens with one attached hydrogen (secondary N) is 1. The molecule has 1 heterocycles. The van der Waals surface area contributed by atoms with Crippen molar-refractivity contribution in [1.29, 1.82) is 0 Å². The van der Waals surface area contributed by atoms with Gasteiger partial charge in [-0.15, -0.1) is 0 Å². The van der Waals surface area contributed by atoms with Crippen LogP contribution in [0.15, 0.2) is 0 Å². The molecule has 0 aromatic carbocycles. The highest BCUT2D eigenvalue weighted by Gasteiger charge is 2.16. The van der Waals surface area contributed by atoms with E-state index in [0.717, 1.165) is 12.7 Å². The lowest BCUT2D eigenvalue weighted by atomic mass is 10.0. The van der Waals surface area contributed by atoms with Crippen molar-refractivity contribution in [2.24, 2.45) is 0 Å². The quantitative estimate of drug-likeness (QED) is 0.619. The molecule has 0 radical (unpaired) electrons.